The summed E-state index contributed by atoms with van der Waals surface area (Å²) in [6.07, 6.45) is 3.81. The Kier molecular flexibility index (Phi) is 5.71. The van der Waals surface area contributed by atoms with Crippen molar-refractivity contribution in [2.75, 3.05) is 11.9 Å². The lowest BCUT2D eigenvalue weighted by Crippen LogP contribution is -2.18. The van der Waals surface area contributed by atoms with Gasteiger partial charge in [0.15, 0.2) is 6.10 Å². The lowest BCUT2D eigenvalue weighted by molar-refractivity contribution is -0.149. The average Bonchev–Trinajstić information content (AvgIpc) is 3.02. The van der Waals surface area contributed by atoms with Gasteiger partial charge in [0.25, 0.3) is 0 Å². The van der Waals surface area contributed by atoms with Gasteiger partial charge in [-0.2, -0.15) is 0 Å². The van der Waals surface area contributed by atoms with Crippen LogP contribution in [0.2, 0.25) is 0 Å². The zero-order chi connectivity index (χ0) is 21.3. The van der Waals surface area contributed by atoms with Crippen LogP contribution < -0.4 is 10.1 Å². The zero-order valence-electron chi connectivity index (χ0n) is 18.1. The second kappa shape index (κ2) is 8.42. The van der Waals surface area contributed by atoms with Crippen molar-refractivity contribution in [2.45, 2.75) is 59.3 Å². The van der Waals surface area contributed by atoms with E-state index in [1.165, 1.54) is 29.2 Å². The fourth-order valence-corrected chi connectivity index (χ4v) is 4.22. The minimum atomic E-state index is -0.350. The van der Waals surface area contributed by atoms with Gasteiger partial charge in [0.2, 0.25) is 0 Å². The van der Waals surface area contributed by atoms with Crippen LogP contribution in [0.25, 0.3) is 5.76 Å². The van der Waals surface area contributed by atoms with Gasteiger partial charge in [0.05, 0.1) is 6.61 Å². The average molecular weight is 408 g/mol. The van der Waals surface area contributed by atoms with Crippen molar-refractivity contribution >= 4 is 17.4 Å². The summed E-state index contributed by atoms with van der Waals surface area (Å²) in [4.78, 5) is 11.4. The smallest absolute Gasteiger partial charge is 0.303 e. The van der Waals surface area contributed by atoms with Crippen LogP contribution in [0.1, 0.15) is 60.6 Å². The van der Waals surface area contributed by atoms with Crippen LogP contribution in [0, 0.1) is 13.8 Å². The first-order valence-electron chi connectivity index (χ1n) is 10.6. The van der Waals surface area contributed by atoms with Gasteiger partial charge >= 0.3 is 5.97 Å². The number of hydrogen-bond acceptors (Lipinski definition) is 5. The Balaban J connectivity index is 1.52. The van der Waals surface area contributed by atoms with E-state index in [2.05, 4.69) is 37.4 Å². The Bertz CT molecular complexity index is 995. The van der Waals surface area contributed by atoms with Crippen molar-refractivity contribution in [1.29, 1.82) is 0 Å². The summed E-state index contributed by atoms with van der Waals surface area (Å²) in [5, 5.41) is 3.50. The highest BCUT2D eigenvalue weighted by Crippen LogP contribution is 2.40. The van der Waals surface area contributed by atoms with E-state index < -0.39 is 0 Å². The number of aryl methyl sites for hydroxylation is 1. The molecular formula is C25H29NO4. The predicted octanol–water partition coefficient (Wildman–Crippen LogP) is 5.45. The van der Waals surface area contributed by atoms with Crippen molar-refractivity contribution in [1.82, 2.24) is 0 Å². The van der Waals surface area contributed by atoms with Crippen molar-refractivity contribution < 1.29 is 19.0 Å². The number of carbonyl (C=O) groups excluding carboxylic acids is 1. The molecule has 0 radical (unpaired) electrons. The van der Waals surface area contributed by atoms with Gasteiger partial charge in [-0.25, -0.2) is 0 Å². The molecule has 2 aromatic carbocycles. The first kappa shape index (κ1) is 20.3. The number of carbonyl (C=O) groups is 1. The predicted molar refractivity (Wildman–Crippen MR) is 117 cm³/mol. The Morgan fingerprint density at radius 2 is 2.07 bits per heavy atom. The normalized spacial score (nSPS) is 19.9. The molecule has 4 rings (SSSR count). The maximum Gasteiger partial charge on any atom is 0.303 e. The highest BCUT2D eigenvalue weighted by atomic mass is 16.6. The van der Waals surface area contributed by atoms with Crippen molar-refractivity contribution in [3.8, 4) is 5.75 Å². The zero-order valence-corrected chi connectivity index (χ0v) is 18.1. The second-order valence-electron chi connectivity index (χ2n) is 8.06. The number of fused-ring (bicyclic) bond motifs is 1. The van der Waals surface area contributed by atoms with Crippen LogP contribution >= 0.6 is 0 Å². The summed E-state index contributed by atoms with van der Waals surface area (Å²) < 4.78 is 17.3. The molecule has 2 aliphatic heterocycles. The maximum absolute atomic E-state index is 11.4. The molecule has 0 bridgehead atoms. The quantitative estimate of drug-likeness (QED) is 0.668. The molecule has 0 saturated heterocycles. The van der Waals surface area contributed by atoms with E-state index in [1.54, 1.807) is 0 Å². The molecule has 30 heavy (non-hydrogen) atoms. The molecule has 0 spiro atoms. The third-order valence-corrected chi connectivity index (χ3v) is 5.80. The molecule has 5 heteroatoms. The molecule has 0 fully saturated rings. The minimum absolute atomic E-state index is 0.190. The van der Waals surface area contributed by atoms with Gasteiger partial charge in [-0.1, -0.05) is 12.1 Å². The van der Waals surface area contributed by atoms with Crippen LogP contribution in [0.3, 0.4) is 0 Å². The highest BCUT2D eigenvalue weighted by molar-refractivity contribution is 5.68. The van der Waals surface area contributed by atoms with Crippen molar-refractivity contribution in [3.05, 3.63) is 64.2 Å². The van der Waals surface area contributed by atoms with E-state index >= 15 is 0 Å². The van der Waals surface area contributed by atoms with E-state index in [-0.39, 0.29) is 18.2 Å². The number of rotatable bonds is 5. The number of nitrogens with one attached hydrogen (secondary N) is 1. The van der Waals surface area contributed by atoms with Gasteiger partial charge in [-0.3, -0.25) is 4.79 Å². The molecule has 0 saturated carbocycles. The monoisotopic (exact) mass is 407 g/mol. The van der Waals surface area contributed by atoms with Crippen molar-refractivity contribution in [3.63, 3.8) is 0 Å². The summed E-state index contributed by atoms with van der Waals surface area (Å²) in [6, 6.07) is 10.3. The number of hydrogen-bond donors (Lipinski definition) is 1. The lowest BCUT2D eigenvalue weighted by atomic mass is 9.95. The molecule has 1 unspecified atom stereocenters. The summed E-state index contributed by atoms with van der Waals surface area (Å²) in [5.41, 5.74) is 6.82. The first-order chi connectivity index (χ1) is 14.4. The van der Waals surface area contributed by atoms with E-state index in [4.69, 9.17) is 14.2 Å². The second-order valence-corrected chi connectivity index (χ2v) is 8.06. The van der Waals surface area contributed by atoms with Crippen molar-refractivity contribution in [2.24, 2.45) is 0 Å². The number of ether oxygens (including phenoxy) is 3. The van der Waals surface area contributed by atoms with E-state index in [0.717, 1.165) is 42.2 Å². The Labute approximate surface area is 178 Å². The topological polar surface area (TPSA) is 56.8 Å². The molecule has 0 amide bonds. The van der Waals surface area contributed by atoms with Crippen LogP contribution in [-0.2, 0) is 20.8 Å². The SMILES string of the molecule is CC(=O)O[C@H]1c2ccc(NCc3ccc(C)c(C4=CCCCO4)c3C)cc2OC1C. The first-order valence-corrected chi connectivity index (χ1v) is 10.6. The Morgan fingerprint density at radius 3 is 2.80 bits per heavy atom. The molecule has 2 aliphatic rings. The molecule has 2 atom stereocenters. The fraction of sp³-hybridized carbons (Fsp3) is 0.400. The van der Waals surface area contributed by atoms with E-state index in [1.807, 2.05) is 25.1 Å². The van der Waals surface area contributed by atoms with E-state index in [9.17, 15) is 4.79 Å². The summed E-state index contributed by atoms with van der Waals surface area (Å²) in [6.45, 7) is 9.13. The number of benzene rings is 2. The van der Waals surface area contributed by atoms with Gasteiger partial charge in [-0.05, 0) is 68.5 Å². The summed E-state index contributed by atoms with van der Waals surface area (Å²) in [5.74, 6) is 1.48. The van der Waals surface area contributed by atoms with Gasteiger partial charge in [-0.15, -0.1) is 0 Å². The van der Waals surface area contributed by atoms with Crippen LogP contribution in [-0.4, -0.2) is 18.7 Å². The summed E-state index contributed by atoms with van der Waals surface area (Å²) >= 11 is 0. The number of allylic oxidation sites excluding steroid dienone is 1. The fourth-order valence-electron chi connectivity index (χ4n) is 4.22. The van der Waals surface area contributed by atoms with Crippen LogP contribution in [0.4, 0.5) is 5.69 Å². The van der Waals surface area contributed by atoms with Crippen LogP contribution in [0.5, 0.6) is 5.75 Å². The van der Waals surface area contributed by atoms with Crippen LogP contribution in [0.15, 0.2) is 36.4 Å². The van der Waals surface area contributed by atoms with Gasteiger partial charge in [0.1, 0.15) is 17.6 Å². The van der Waals surface area contributed by atoms with Gasteiger partial charge in [0, 0.05) is 36.3 Å². The third kappa shape index (κ3) is 4.02. The maximum atomic E-state index is 11.4. The molecule has 1 N–H and O–H groups in total. The molecule has 0 aliphatic carbocycles. The summed E-state index contributed by atoms with van der Waals surface area (Å²) in [7, 11) is 0. The molecule has 2 heterocycles. The highest BCUT2D eigenvalue weighted by Gasteiger charge is 2.33. The number of esters is 1. The van der Waals surface area contributed by atoms with Gasteiger partial charge < -0.3 is 19.5 Å². The Hall–Kier alpha value is -2.95. The molecule has 0 aromatic heterocycles. The molecule has 158 valence electrons. The minimum Gasteiger partial charge on any atom is -0.493 e. The number of anilines is 1. The Morgan fingerprint density at radius 1 is 1.23 bits per heavy atom. The largest absolute Gasteiger partial charge is 0.493 e. The van der Waals surface area contributed by atoms with E-state index in [0.29, 0.717) is 6.54 Å². The molecular weight excluding hydrogens is 378 g/mol. The third-order valence-electron chi connectivity index (χ3n) is 5.80. The molecule has 5 nitrogen and oxygen atoms in total. The lowest BCUT2D eigenvalue weighted by Gasteiger charge is -2.21. The molecule has 2 aromatic rings. The standard InChI is InChI=1S/C25H29NO4/c1-15-8-9-19(16(2)24(15)22-7-5-6-12-28-22)14-26-20-10-11-21-23(13-20)29-17(3)25(21)30-18(4)27/h7-11,13,17,25-26H,5-6,12,14H2,1-4H3/t17?,25-/m1/s1.